The summed E-state index contributed by atoms with van der Waals surface area (Å²) in [5.41, 5.74) is 2.03. The second-order valence-electron chi connectivity index (χ2n) is 5.98. The van der Waals surface area contributed by atoms with Gasteiger partial charge in [0, 0.05) is 6.54 Å². The van der Waals surface area contributed by atoms with E-state index in [4.69, 9.17) is 4.74 Å². The first kappa shape index (κ1) is 20.1. The van der Waals surface area contributed by atoms with E-state index in [1.54, 1.807) is 12.1 Å². The van der Waals surface area contributed by atoms with Gasteiger partial charge in [0.1, 0.15) is 12.4 Å². The molecule has 0 aliphatic carbocycles. The number of benzene rings is 2. The van der Waals surface area contributed by atoms with Gasteiger partial charge < -0.3 is 15.4 Å². The molecule has 0 spiro atoms. The maximum atomic E-state index is 11.9. The first-order valence-electron chi connectivity index (χ1n) is 8.66. The van der Waals surface area contributed by atoms with E-state index < -0.39 is 0 Å². The Bertz CT molecular complexity index is 926. The Morgan fingerprint density at radius 1 is 0.893 bits per heavy atom. The zero-order valence-electron chi connectivity index (χ0n) is 15.0. The Kier molecular flexibility index (Phi) is 7.22. The number of ether oxygens (including phenoxy) is 1. The summed E-state index contributed by atoms with van der Waals surface area (Å²) in [6, 6.07) is 21.0. The molecule has 3 aromatic rings. The fourth-order valence-electron chi connectivity index (χ4n) is 2.38. The quantitative estimate of drug-likeness (QED) is 0.532. The van der Waals surface area contributed by atoms with E-state index in [0.717, 1.165) is 20.7 Å². The molecule has 1 heterocycles. The first-order chi connectivity index (χ1) is 13.6. The van der Waals surface area contributed by atoms with Crippen LogP contribution < -0.4 is 15.4 Å². The minimum atomic E-state index is -0.256. The van der Waals surface area contributed by atoms with Gasteiger partial charge in [0.15, 0.2) is 0 Å². The van der Waals surface area contributed by atoms with Crippen LogP contribution in [0.25, 0.3) is 0 Å². The lowest BCUT2D eigenvalue weighted by Gasteiger charge is -2.08. The molecule has 0 saturated heterocycles. The van der Waals surface area contributed by atoms with Crippen LogP contribution >= 0.6 is 27.3 Å². The summed E-state index contributed by atoms with van der Waals surface area (Å²) in [7, 11) is 0. The van der Waals surface area contributed by atoms with Crippen molar-refractivity contribution < 1.29 is 14.3 Å². The van der Waals surface area contributed by atoms with E-state index in [0.29, 0.717) is 18.0 Å². The number of carbonyl (C=O) groups excluding carboxylic acids is 2. The van der Waals surface area contributed by atoms with Crippen LogP contribution in [0.15, 0.2) is 70.5 Å². The molecule has 2 N–H and O–H groups in total. The topological polar surface area (TPSA) is 67.4 Å². The van der Waals surface area contributed by atoms with Crippen molar-refractivity contribution in [1.82, 2.24) is 10.6 Å². The van der Waals surface area contributed by atoms with Crippen molar-refractivity contribution in [2.75, 3.05) is 6.54 Å². The average Bonchev–Trinajstić information content (AvgIpc) is 3.17. The SMILES string of the molecule is O=C(CNC(=O)c1ccc(Br)s1)NCc1ccc(COc2ccccc2)cc1. The number of thiophene rings is 1. The fraction of sp³-hybridized carbons (Fsp3) is 0.143. The van der Waals surface area contributed by atoms with Crippen LogP contribution in [0.3, 0.4) is 0 Å². The summed E-state index contributed by atoms with van der Waals surface area (Å²) in [5.74, 6) is 0.338. The van der Waals surface area contributed by atoms with Gasteiger partial charge in [0.25, 0.3) is 5.91 Å². The summed E-state index contributed by atoms with van der Waals surface area (Å²) >= 11 is 4.63. The molecule has 0 saturated carbocycles. The van der Waals surface area contributed by atoms with Crippen molar-refractivity contribution in [1.29, 1.82) is 0 Å². The molecule has 2 amide bonds. The van der Waals surface area contributed by atoms with Crippen LogP contribution in [0.5, 0.6) is 5.75 Å². The van der Waals surface area contributed by atoms with Crippen molar-refractivity contribution in [3.8, 4) is 5.75 Å². The largest absolute Gasteiger partial charge is 0.489 e. The molecule has 0 bridgehead atoms. The molecule has 0 atom stereocenters. The highest BCUT2D eigenvalue weighted by Gasteiger charge is 2.10. The van der Waals surface area contributed by atoms with Crippen molar-refractivity contribution in [2.45, 2.75) is 13.2 Å². The summed E-state index contributed by atoms with van der Waals surface area (Å²) in [6.45, 7) is 0.831. The molecule has 0 aliphatic rings. The second-order valence-corrected chi connectivity index (χ2v) is 8.44. The van der Waals surface area contributed by atoms with Gasteiger partial charge in [-0.05, 0) is 51.3 Å². The average molecular weight is 459 g/mol. The number of para-hydroxylation sites is 1. The van der Waals surface area contributed by atoms with Gasteiger partial charge in [-0.25, -0.2) is 0 Å². The molecule has 2 aromatic carbocycles. The minimum absolute atomic E-state index is 0.0582. The number of amides is 2. The summed E-state index contributed by atoms with van der Waals surface area (Å²) < 4.78 is 6.59. The number of nitrogens with one attached hydrogen (secondary N) is 2. The Labute approximate surface area is 175 Å². The van der Waals surface area contributed by atoms with Crippen LogP contribution in [-0.2, 0) is 17.9 Å². The Morgan fingerprint density at radius 3 is 2.29 bits per heavy atom. The maximum Gasteiger partial charge on any atom is 0.261 e. The highest BCUT2D eigenvalue weighted by molar-refractivity contribution is 9.11. The molecule has 7 heteroatoms. The molecule has 5 nitrogen and oxygen atoms in total. The van der Waals surface area contributed by atoms with E-state index in [-0.39, 0.29) is 18.4 Å². The number of hydrogen-bond acceptors (Lipinski definition) is 4. The van der Waals surface area contributed by atoms with Gasteiger partial charge in [-0.15, -0.1) is 11.3 Å². The number of hydrogen-bond donors (Lipinski definition) is 2. The summed E-state index contributed by atoms with van der Waals surface area (Å²) in [5, 5.41) is 5.41. The molecular weight excluding hydrogens is 440 g/mol. The van der Waals surface area contributed by atoms with Crippen LogP contribution in [0.4, 0.5) is 0 Å². The summed E-state index contributed by atoms with van der Waals surface area (Å²) in [6.07, 6.45) is 0. The molecule has 28 heavy (non-hydrogen) atoms. The molecule has 0 radical (unpaired) electrons. The number of rotatable bonds is 8. The van der Waals surface area contributed by atoms with E-state index >= 15 is 0 Å². The molecule has 144 valence electrons. The Morgan fingerprint density at radius 2 is 1.61 bits per heavy atom. The van der Waals surface area contributed by atoms with Crippen molar-refractivity contribution in [3.05, 3.63) is 86.5 Å². The summed E-state index contributed by atoms with van der Waals surface area (Å²) in [4.78, 5) is 24.4. The van der Waals surface area contributed by atoms with Gasteiger partial charge in [0.05, 0.1) is 15.2 Å². The van der Waals surface area contributed by atoms with Crippen molar-refractivity contribution in [3.63, 3.8) is 0 Å². The van der Waals surface area contributed by atoms with Gasteiger partial charge in [-0.3, -0.25) is 9.59 Å². The maximum absolute atomic E-state index is 11.9. The van der Waals surface area contributed by atoms with E-state index in [1.165, 1.54) is 11.3 Å². The van der Waals surface area contributed by atoms with E-state index in [9.17, 15) is 9.59 Å². The number of halogens is 1. The minimum Gasteiger partial charge on any atom is -0.489 e. The van der Waals surface area contributed by atoms with Crippen LogP contribution in [0.2, 0.25) is 0 Å². The van der Waals surface area contributed by atoms with Gasteiger partial charge in [0.2, 0.25) is 5.91 Å². The molecule has 3 rings (SSSR count). The molecule has 0 fully saturated rings. The van der Waals surface area contributed by atoms with Crippen LogP contribution in [0.1, 0.15) is 20.8 Å². The highest BCUT2D eigenvalue weighted by atomic mass is 79.9. The molecular formula is C21H19BrN2O3S. The van der Waals surface area contributed by atoms with E-state index in [1.807, 2.05) is 54.6 Å². The standard InChI is InChI=1S/C21H19BrN2O3S/c22-19-11-10-18(28-19)21(26)24-13-20(25)23-12-15-6-8-16(9-7-15)14-27-17-4-2-1-3-5-17/h1-11H,12-14H2,(H,23,25)(H,24,26). The zero-order chi connectivity index (χ0) is 19.8. The predicted molar refractivity (Wildman–Crippen MR) is 113 cm³/mol. The normalized spacial score (nSPS) is 10.3. The van der Waals surface area contributed by atoms with Gasteiger partial charge in [-0.2, -0.15) is 0 Å². The van der Waals surface area contributed by atoms with Gasteiger partial charge >= 0.3 is 0 Å². The lowest BCUT2D eigenvalue weighted by atomic mass is 10.1. The fourth-order valence-corrected chi connectivity index (χ4v) is 3.69. The predicted octanol–water partition coefficient (Wildman–Crippen LogP) is 4.14. The second kappa shape index (κ2) is 10.1. The van der Waals surface area contributed by atoms with E-state index in [2.05, 4.69) is 26.6 Å². The lowest BCUT2D eigenvalue weighted by Crippen LogP contribution is -2.36. The van der Waals surface area contributed by atoms with Gasteiger partial charge in [-0.1, -0.05) is 42.5 Å². The third-order valence-electron chi connectivity index (χ3n) is 3.87. The highest BCUT2D eigenvalue weighted by Crippen LogP contribution is 2.21. The smallest absolute Gasteiger partial charge is 0.261 e. The van der Waals surface area contributed by atoms with Crippen molar-refractivity contribution >= 4 is 39.1 Å². The molecule has 1 aromatic heterocycles. The third-order valence-corrected chi connectivity index (χ3v) is 5.49. The lowest BCUT2D eigenvalue weighted by molar-refractivity contribution is -0.120. The molecule has 0 unspecified atom stereocenters. The van der Waals surface area contributed by atoms with Crippen molar-refractivity contribution in [2.24, 2.45) is 0 Å². The number of carbonyl (C=O) groups is 2. The van der Waals surface area contributed by atoms with Crippen LogP contribution in [-0.4, -0.2) is 18.4 Å². The zero-order valence-corrected chi connectivity index (χ0v) is 17.4. The first-order valence-corrected chi connectivity index (χ1v) is 10.3. The Hall–Kier alpha value is -2.64. The Balaban J connectivity index is 1.39. The molecule has 0 aliphatic heterocycles. The third kappa shape index (κ3) is 6.21. The van der Waals surface area contributed by atoms with Crippen LogP contribution in [0, 0.1) is 0 Å². The monoisotopic (exact) mass is 458 g/mol.